The van der Waals surface area contributed by atoms with Crippen LogP contribution in [0.25, 0.3) is 0 Å². The first kappa shape index (κ1) is 23.0. The van der Waals surface area contributed by atoms with Crippen molar-refractivity contribution < 1.29 is 23.2 Å². The molecule has 0 spiro atoms. The number of thioether (sulfide) groups is 1. The first-order valence-corrected chi connectivity index (χ1v) is 12.0. The largest absolute Gasteiger partial charge is 0.475 e. The average Bonchev–Trinajstić information content (AvgIpc) is 2.63. The lowest BCUT2D eigenvalue weighted by atomic mass is 9.84. The summed E-state index contributed by atoms with van der Waals surface area (Å²) in [6.07, 6.45) is 6.28. The first-order valence-electron chi connectivity index (χ1n) is 9.31. The lowest BCUT2D eigenvalue weighted by Crippen LogP contribution is -2.32. The van der Waals surface area contributed by atoms with Crippen LogP contribution in [0.5, 0.6) is 0 Å². The van der Waals surface area contributed by atoms with E-state index in [9.17, 15) is 9.67 Å². The molecule has 27 heavy (non-hydrogen) atoms. The molecule has 152 valence electrons. The van der Waals surface area contributed by atoms with Crippen molar-refractivity contribution in [2.45, 2.75) is 56.4 Å². The van der Waals surface area contributed by atoms with Crippen LogP contribution in [0, 0.1) is 0 Å². The number of aliphatic hydroxyl groups is 1. The van der Waals surface area contributed by atoms with Crippen LogP contribution < -0.4 is 0 Å². The fourth-order valence-corrected chi connectivity index (χ4v) is 5.28. The van der Waals surface area contributed by atoms with Gasteiger partial charge in [-0.15, -0.1) is 0 Å². The van der Waals surface area contributed by atoms with Gasteiger partial charge < -0.3 is 5.11 Å². The molecule has 0 radical (unpaired) electrons. The number of phosphoric acid groups is 1. The molecule has 5 nitrogen and oxygen atoms in total. The fraction of sp³-hybridized carbons (Fsp3) is 0.579. The predicted octanol–water partition coefficient (Wildman–Crippen LogP) is 6.21. The van der Waals surface area contributed by atoms with E-state index in [1.54, 1.807) is 19.9 Å². The number of halogens is 1. The van der Waals surface area contributed by atoms with Crippen LogP contribution in [0.4, 0.5) is 0 Å². The third-order valence-electron chi connectivity index (χ3n) is 4.26. The van der Waals surface area contributed by atoms with Gasteiger partial charge in [-0.1, -0.05) is 42.6 Å². The Bertz CT molecular complexity index is 649. The average molecular weight is 435 g/mol. The summed E-state index contributed by atoms with van der Waals surface area (Å²) in [6.45, 7) is 3.97. The van der Waals surface area contributed by atoms with Crippen LogP contribution in [0.15, 0.2) is 40.1 Å². The quantitative estimate of drug-likeness (QED) is 0.349. The highest BCUT2D eigenvalue weighted by atomic mass is 35.5. The summed E-state index contributed by atoms with van der Waals surface area (Å²) in [4.78, 5) is 1.77. The smallest absolute Gasteiger partial charge is 0.385 e. The third-order valence-corrected chi connectivity index (χ3v) is 7.40. The maximum absolute atomic E-state index is 12.5. The van der Waals surface area contributed by atoms with Gasteiger partial charge in [0.15, 0.2) is 0 Å². The molecule has 1 fully saturated rings. The molecular weight excluding hydrogens is 407 g/mol. The minimum absolute atomic E-state index is 0.0372. The molecule has 1 aliphatic carbocycles. The van der Waals surface area contributed by atoms with Gasteiger partial charge in [0.25, 0.3) is 0 Å². The van der Waals surface area contributed by atoms with E-state index in [1.165, 1.54) is 11.8 Å². The number of hydrogen-bond acceptors (Lipinski definition) is 6. The molecule has 0 saturated heterocycles. The summed E-state index contributed by atoms with van der Waals surface area (Å²) in [5.41, 5.74) is -0.896. The molecule has 1 saturated carbocycles. The van der Waals surface area contributed by atoms with E-state index >= 15 is 0 Å². The van der Waals surface area contributed by atoms with Gasteiger partial charge in [-0.3, -0.25) is 13.6 Å². The predicted molar refractivity (Wildman–Crippen MR) is 110 cm³/mol. The van der Waals surface area contributed by atoms with E-state index in [1.807, 2.05) is 24.3 Å². The lowest BCUT2D eigenvalue weighted by molar-refractivity contribution is 0.0467. The Morgan fingerprint density at radius 3 is 2.30 bits per heavy atom. The van der Waals surface area contributed by atoms with E-state index in [0.29, 0.717) is 17.9 Å². The van der Waals surface area contributed by atoms with Gasteiger partial charge in [-0.25, -0.2) is 4.57 Å². The van der Waals surface area contributed by atoms with Crippen molar-refractivity contribution in [3.63, 3.8) is 0 Å². The molecular formula is C19H28ClO5PS. The monoisotopic (exact) mass is 434 g/mol. The summed E-state index contributed by atoms with van der Waals surface area (Å²) < 4.78 is 28.2. The van der Waals surface area contributed by atoms with Crippen LogP contribution in [0.2, 0.25) is 5.02 Å². The SMILES string of the molecule is CCOP(=O)(OCC)OC/C=C(/Sc1ccc(Cl)cc1)C1(O)CCCCC1. The molecule has 0 unspecified atom stereocenters. The van der Waals surface area contributed by atoms with Gasteiger partial charge >= 0.3 is 7.82 Å². The Morgan fingerprint density at radius 1 is 1.15 bits per heavy atom. The van der Waals surface area contributed by atoms with Gasteiger partial charge in [-0.2, -0.15) is 0 Å². The van der Waals surface area contributed by atoms with Crippen molar-refractivity contribution in [1.29, 1.82) is 0 Å². The number of phosphoric ester groups is 1. The third kappa shape index (κ3) is 7.21. The molecule has 1 N–H and O–H groups in total. The topological polar surface area (TPSA) is 65.0 Å². The van der Waals surface area contributed by atoms with E-state index < -0.39 is 13.4 Å². The Kier molecular flexibility index (Phi) is 9.36. The molecule has 0 bridgehead atoms. The van der Waals surface area contributed by atoms with Crippen LogP contribution in [0.3, 0.4) is 0 Å². The second-order valence-corrected chi connectivity index (χ2v) is 9.52. The normalized spacial score (nSPS) is 17.9. The number of benzene rings is 1. The minimum Gasteiger partial charge on any atom is -0.385 e. The van der Waals surface area contributed by atoms with E-state index in [0.717, 1.165) is 29.1 Å². The first-order chi connectivity index (χ1) is 12.9. The highest BCUT2D eigenvalue weighted by molar-refractivity contribution is 8.03. The van der Waals surface area contributed by atoms with E-state index in [2.05, 4.69) is 0 Å². The molecule has 8 heteroatoms. The molecule has 0 aliphatic heterocycles. The standard InChI is InChI=1S/C19H28ClO5PS/c1-3-23-26(22,24-4-2)25-15-12-18(19(21)13-6-5-7-14-19)27-17-10-8-16(20)9-11-17/h8-12,21H,3-7,13-15H2,1-2H3/b18-12+. The molecule has 1 aliphatic rings. The lowest BCUT2D eigenvalue weighted by Gasteiger charge is -2.34. The molecule has 0 amide bonds. The highest BCUT2D eigenvalue weighted by Gasteiger charge is 2.34. The Hall–Kier alpha value is -0.330. The summed E-state index contributed by atoms with van der Waals surface area (Å²) in [5, 5.41) is 11.8. The second kappa shape index (κ2) is 11.0. The van der Waals surface area contributed by atoms with Crippen LogP contribution in [-0.2, 0) is 18.1 Å². The van der Waals surface area contributed by atoms with Crippen molar-refractivity contribution in [3.8, 4) is 0 Å². The van der Waals surface area contributed by atoms with Crippen LogP contribution in [0.1, 0.15) is 46.0 Å². The summed E-state index contributed by atoms with van der Waals surface area (Å²) in [6, 6.07) is 7.47. The fourth-order valence-electron chi connectivity index (χ4n) is 2.97. The Morgan fingerprint density at radius 2 is 1.74 bits per heavy atom. The minimum atomic E-state index is -3.58. The van der Waals surface area contributed by atoms with Crippen molar-refractivity contribution >= 4 is 31.2 Å². The van der Waals surface area contributed by atoms with Gasteiger partial charge in [0.05, 0.1) is 25.4 Å². The van der Waals surface area contributed by atoms with Crippen molar-refractivity contribution in [1.82, 2.24) is 0 Å². The van der Waals surface area contributed by atoms with Gasteiger partial charge in [0, 0.05) is 14.8 Å². The maximum atomic E-state index is 12.5. The molecule has 0 atom stereocenters. The van der Waals surface area contributed by atoms with Crippen LogP contribution in [-0.4, -0.2) is 30.5 Å². The summed E-state index contributed by atoms with van der Waals surface area (Å²) in [7, 11) is -3.58. The second-order valence-electron chi connectivity index (χ2n) is 6.30. The summed E-state index contributed by atoms with van der Waals surface area (Å²) >= 11 is 7.45. The van der Waals surface area contributed by atoms with E-state index in [4.69, 9.17) is 25.2 Å². The zero-order valence-electron chi connectivity index (χ0n) is 15.9. The number of hydrogen-bond donors (Lipinski definition) is 1. The van der Waals surface area contributed by atoms with E-state index in [-0.39, 0.29) is 19.8 Å². The van der Waals surface area contributed by atoms with Crippen LogP contribution >= 0.6 is 31.2 Å². The molecule has 0 heterocycles. The van der Waals surface area contributed by atoms with Crippen molar-refractivity contribution in [2.24, 2.45) is 0 Å². The Labute approximate surface area is 171 Å². The highest BCUT2D eigenvalue weighted by Crippen LogP contribution is 2.49. The molecule has 1 aromatic carbocycles. The summed E-state index contributed by atoms with van der Waals surface area (Å²) in [5.74, 6) is 0. The zero-order valence-corrected chi connectivity index (χ0v) is 18.3. The molecule has 0 aromatic heterocycles. The van der Waals surface area contributed by atoms with Crippen molar-refractivity contribution in [2.75, 3.05) is 19.8 Å². The number of rotatable bonds is 10. The zero-order chi connectivity index (χ0) is 19.8. The van der Waals surface area contributed by atoms with Gasteiger partial charge in [-0.05, 0) is 57.0 Å². The van der Waals surface area contributed by atoms with Gasteiger partial charge in [0.2, 0.25) is 0 Å². The van der Waals surface area contributed by atoms with Gasteiger partial charge in [0.1, 0.15) is 0 Å². The maximum Gasteiger partial charge on any atom is 0.475 e. The molecule has 1 aromatic rings. The Balaban J connectivity index is 2.16. The van der Waals surface area contributed by atoms with Crippen molar-refractivity contribution in [3.05, 3.63) is 40.3 Å². The molecule has 2 rings (SSSR count).